The number of carbonyl (C=O) groups excluding carboxylic acids is 1. The topological polar surface area (TPSA) is 42.0 Å². The summed E-state index contributed by atoms with van der Waals surface area (Å²) < 4.78 is 0.960. The van der Waals surface area contributed by atoms with E-state index in [-0.39, 0.29) is 11.9 Å². The van der Waals surface area contributed by atoms with Gasteiger partial charge in [0.05, 0.1) is 6.04 Å². The number of nitrogens with zero attached hydrogens (tertiary/aromatic N) is 1. The summed E-state index contributed by atoms with van der Waals surface area (Å²) in [6.07, 6.45) is 1.74. The van der Waals surface area contributed by atoms with E-state index in [1.165, 1.54) is 11.3 Å². The second kappa shape index (κ2) is 5.42. The lowest BCUT2D eigenvalue weighted by Crippen LogP contribution is -2.26. The van der Waals surface area contributed by atoms with Crippen molar-refractivity contribution in [1.82, 2.24) is 10.3 Å². The second-order valence-corrected chi connectivity index (χ2v) is 5.41. The van der Waals surface area contributed by atoms with Crippen LogP contribution in [0, 0.1) is 0 Å². The smallest absolute Gasteiger partial charge is 0.251 e. The highest BCUT2D eigenvalue weighted by Crippen LogP contribution is 2.16. The summed E-state index contributed by atoms with van der Waals surface area (Å²) in [6.45, 7) is 1.93. The van der Waals surface area contributed by atoms with Crippen LogP contribution in [0.1, 0.15) is 28.3 Å². The van der Waals surface area contributed by atoms with Gasteiger partial charge in [-0.3, -0.25) is 4.79 Å². The quantitative estimate of drug-likeness (QED) is 0.944. The average molecular weight is 311 g/mol. The molecule has 3 nitrogen and oxygen atoms in total. The zero-order valence-electron chi connectivity index (χ0n) is 9.18. The van der Waals surface area contributed by atoms with Crippen LogP contribution in [0.5, 0.6) is 0 Å². The van der Waals surface area contributed by atoms with Crippen LogP contribution in [0.3, 0.4) is 0 Å². The molecule has 0 radical (unpaired) electrons. The lowest BCUT2D eigenvalue weighted by Gasteiger charge is -2.11. The minimum Gasteiger partial charge on any atom is -0.343 e. The molecule has 2 rings (SSSR count). The summed E-state index contributed by atoms with van der Waals surface area (Å²) in [5.41, 5.74) is 0.650. The van der Waals surface area contributed by atoms with Crippen LogP contribution < -0.4 is 5.32 Å². The van der Waals surface area contributed by atoms with E-state index >= 15 is 0 Å². The van der Waals surface area contributed by atoms with Gasteiger partial charge in [0, 0.05) is 21.6 Å². The fourth-order valence-corrected chi connectivity index (χ4v) is 2.30. The molecule has 1 amide bonds. The number of hydrogen-bond donors (Lipinski definition) is 1. The van der Waals surface area contributed by atoms with Crippen LogP contribution in [0.25, 0.3) is 0 Å². The molecule has 1 N–H and O–H groups in total. The number of rotatable bonds is 3. The van der Waals surface area contributed by atoms with E-state index < -0.39 is 0 Å². The Labute approximate surface area is 112 Å². The molecule has 88 valence electrons. The van der Waals surface area contributed by atoms with Gasteiger partial charge in [0.15, 0.2) is 0 Å². The number of aromatic nitrogens is 1. The number of amides is 1. The minimum absolute atomic E-state index is 0.0638. The molecule has 0 bridgehead atoms. The molecule has 2 aromatic rings. The van der Waals surface area contributed by atoms with Crippen molar-refractivity contribution in [2.75, 3.05) is 0 Å². The number of carbonyl (C=O) groups is 1. The first kappa shape index (κ1) is 12.3. The van der Waals surface area contributed by atoms with Crippen LogP contribution in [0.15, 0.2) is 40.3 Å². The van der Waals surface area contributed by atoms with Crippen molar-refractivity contribution in [2.45, 2.75) is 13.0 Å². The van der Waals surface area contributed by atoms with Crippen molar-refractivity contribution in [1.29, 1.82) is 0 Å². The van der Waals surface area contributed by atoms with Crippen molar-refractivity contribution < 1.29 is 4.79 Å². The molecule has 0 saturated heterocycles. The van der Waals surface area contributed by atoms with Crippen LogP contribution >= 0.6 is 27.3 Å². The Morgan fingerprint density at radius 2 is 2.12 bits per heavy atom. The number of halogens is 1. The van der Waals surface area contributed by atoms with Crippen molar-refractivity contribution in [3.63, 3.8) is 0 Å². The van der Waals surface area contributed by atoms with Crippen LogP contribution in [-0.4, -0.2) is 10.9 Å². The minimum atomic E-state index is -0.0831. The van der Waals surface area contributed by atoms with Gasteiger partial charge in [0.1, 0.15) is 5.01 Å². The predicted molar refractivity (Wildman–Crippen MR) is 72.1 cm³/mol. The van der Waals surface area contributed by atoms with Gasteiger partial charge in [0.2, 0.25) is 0 Å². The third-order valence-electron chi connectivity index (χ3n) is 2.28. The van der Waals surface area contributed by atoms with Gasteiger partial charge in [-0.05, 0) is 31.2 Å². The highest BCUT2D eigenvalue weighted by molar-refractivity contribution is 9.10. The fraction of sp³-hybridized carbons (Fsp3) is 0.167. The lowest BCUT2D eigenvalue weighted by atomic mass is 10.2. The first-order valence-electron chi connectivity index (χ1n) is 5.12. The molecule has 0 spiro atoms. The van der Waals surface area contributed by atoms with E-state index in [1.807, 2.05) is 24.4 Å². The molecule has 1 atom stereocenters. The Balaban J connectivity index is 2.04. The van der Waals surface area contributed by atoms with Crippen LogP contribution in [-0.2, 0) is 0 Å². The molecule has 0 saturated carbocycles. The van der Waals surface area contributed by atoms with Crippen molar-refractivity contribution >= 4 is 33.2 Å². The highest BCUT2D eigenvalue weighted by Gasteiger charge is 2.12. The van der Waals surface area contributed by atoms with E-state index in [4.69, 9.17) is 0 Å². The molecular formula is C12H11BrN2OS. The molecule has 1 heterocycles. The highest BCUT2D eigenvalue weighted by atomic mass is 79.9. The largest absolute Gasteiger partial charge is 0.343 e. The van der Waals surface area contributed by atoms with E-state index in [2.05, 4.69) is 26.2 Å². The summed E-state index contributed by atoms with van der Waals surface area (Å²) >= 11 is 4.87. The van der Waals surface area contributed by atoms with Gasteiger partial charge in [-0.1, -0.05) is 15.9 Å². The van der Waals surface area contributed by atoms with Gasteiger partial charge in [-0.2, -0.15) is 0 Å². The van der Waals surface area contributed by atoms with Crippen molar-refractivity contribution in [3.05, 3.63) is 50.9 Å². The number of thiazole rings is 1. The molecule has 0 aliphatic heterocycles. The van der Waals surface area contributed by atoms with E-state index in [1.54, 1.807) is 18.3 Å². The molecule has 0 aliphatic rings. The molecule has 0 fully saturated rings. The maximum Gasteiger partial charge on any atom is 0.251 e. The van der Waals surface area contributed by atoms with E-state index in [9.17, 15) is 4.79 Å². The number of nitrogens with one attached hydrogen (secondary N) is 1. The lowest BCUT2D eigenvalue weighted by molar-refractivity contribution is 0.0940. The summed E-state index contributed by atoms with van der Waals surface area (Å²) in [6, 6.07) is 7.21. The summed E-state index contributed by atoms with van der Waals surface area (Å²) in [5.74, 6) is -0.0831. The Morgan fingerprint density at radius 3 is 2.71 bits per heavy atom. The fourth-order valence-electron chi connectivity index (χ4n) is 1.39. The molecular weight excluding hydrogens is 300 g/mol. The van der Waals surface area contributed by atoms with E-state index in [0.29, 0.717) is 5.56 Å². The Hall–Kier alpha value is -1.20. The zero-order valence-corrected chi connectivity index (χ0v) is 11.6. The van der Waals surface area contributed by atoms with Crippen LogP contribution in [0.2, 0.25) is 0 Å². The second-order valence-electron chi connectivity index (χ2n) is 3.57. The maximum atomic E-state index is 11.9. The Kier molecular flexibility index (Phi) is 3.91. The average Bonchev–Trinajstić information content (AvgIpc) is 2.83. The summed E-state index contributed by atoms with van der Waals surface area (Å²) in [5, 5.41) is 5.72. The SMILES string of the molecule is CC(NC(=O)c1ccc(Br)cc1)c1nccs1. The molecule has 0 aliphatic carbocycles. The Morgan fingerprint density at radius 1 is 1.41 bits per heavy atom. The number of benzene rings is 1. The van der Waals surface area contributed by atoms with Gasteiger partial charge in [-0.25, -0.2) is 4.98 Å². The van der Waals surface area contributed by atoms with E-state index in [0.717, 1.165) is 9.48 Å². The third-order valence-corrected chi connectivity index (χ3v) is 3.76. The zero-order chi connectivity index (χ0) is 12.3. The third kappa shape index (κ3) is 3.14. The maximum absolute atomic E-state index is 11.9. The normalized spacial score (nSPS) is 12.1. The van der Waals surface area contributed by atoms with Gasteiger partial charge in [0.25, 0.3) is 5.91 Å². The summed E-state index contributed by atoms with van der Waals surface area (Å²) in [7, 11) is 0. The molecule has 1 aromatic heterocycles. The van der Waals surface area contributed by atoms with Crippen molar-refractivity contribution in [3.8, 4) is 0 Å². The monoisotopic (exact) mass is 310 g/mol. The predicted octanol–water partition coefficient (Wildman–Crippen LogP) is 3.40. The standard InChI is InChI=1S/C12H11BrN2OS/c1-8(12-14-6-7-17-12)15-11(16)9-2-4-10(13)5-3-9/h2-8H,1H3,(H,15,16). The Bertz CT molecular complexity index is 496. The van der Waals surface area contributed by atoms with Gasteiger partial charge >= 0.3 is 0 Å². The van der Waals surface area contributed by atoms with Crippen LogP contribution in [0.4, 0.5) is 0 Å². The molecule has 1 unspecified atom stereocenters. The molecule has 17 heavy (non-hydrogen) atoms. The summed E-state index contributed by atoms with van der Waals surface area (Å²) in [4.78, 5) is 16.1. The van der Waals surface area contributed by atoms with Gasteiger partial charge in [-0.15, -0.1) is 11.3 Å². The van der Waals surface area contributed by atoms with Crippen molar-refractivity contribution in [2.24, 2.45) is 0 Å². The molecule has 5 heteroatoms. The number of hydrogen-bond acceptors (Lipinski definition) is 3. The molecule has 1 aromatic carbocycles. The first-order valence-corrected chi connectivity index (χ1v) is 6.80. The van der Waals surface area contributed by atoms with Gasteiger partial charge < -0.3 is 5.32 Å². The first-order chi connectivity index (χ1) is 8.16.